The summed E-state index contributed by atoms with van der Waals surface area (Å²) in [4.78, 5) is 32.1. The van der Waals surface area contributed by atoms with E-state index in [0.717, 1.165) is 45.6 Å². The van der Waals surface area contributed by atoms with Gasteiger partial charge in [-0.3, -0.25) is 24.3 Å². The summed E-state index contributed by atoms with van der Waals surface area (Å²) < 4.78 is 0. The van der Waals surface area contributed by atoms with E-state index in [2.05, 4.69) is 34.1 Å². The number of carbonyl (C=O) groups excluding carboxylic acids is 2. The van der Waals surface area contributed by atoms with Gasteiger partial charge in [-0.1, -0.05) is 51.1 Å². The van der Waals surface area contributed by atoms with Crippen LogP contribution in [0.3, 0.4) is 0 Å². The third-order valence-corrected chi connectivity index (χ3v) is 8.08. The number of β-amino-alcohol motifs (C(OH)–C–C–N with tert-alkyl or cyclic N) is 1. The quantitative estimate of drug-likeness (QED) is 0.723. The van der Waals surface area contributed by atoms with Crippen LogP contribution in [0.1, 0.15) is 39.2 Å². The van der Waals surface area contributed by atoms with Gasteiger partial charge in [0.15, 0.2) is 0 Å². The molecule has 1 N–H and O–H groups in total. The van der Waals surface area contributed by atoms with Gasteiger partial charge in [-0.05, 0) is 23.8 Å². The Labute approximate surface area is 179 Å². The third-order valence-electron chi connectivity index (χ3n) is 8.08. The van der Waals surface area contributed by atoms with E-state index in [1.165, 1.54) is 10.5 Å². The van der Waals surface area contributed by atoms with E-state index < -0.39 is 11.5 Å². The molecule has 0 spiro atoms. The van der Waals surface area contributed by atoms with Crippen molar-refractivity contribution < 1.29 is 14.7 Å². The van der Waals surface area contributed by atoms with Gasteiger partial charge < -0.3 is 5.11 Å². The lowest BCUT2D eigenvalue weighted by Crippen LogP contribution is -2.61. The number of rotatable bonds is 6. The van der Waals surface area contributed by atoms with Crippen LogP contribution in [0.2, 0.25) is 0 Å². The standard InChI is InChI=1S/C24H35N3O3/c1-23(2)20-9-10-24(23,3)22(30)27(21(20)29)17-19(28)16-26-13-11-25(12-14-26)15-18-7-5-4-6-8-18/h4-8,19-20,28H,9-17H2,1-3H3/t19-,20-,24-/m1/s1. The minimum absolute atomic E-state index is 0.0910. The number of piperazine rings is 1. The molecule has 1 aromatic carbocycles. The zero-order valence-corrected chi connectivity index (χ0v) is 18.5. The van der Waals surface area contributed by atoms with E-state index in [1.807, 2.05) is 26.8 Å². The molecule has 2 saturated heterocycles. The summed E-state index contributed by atoms with van der Waals surface area (Å²) in [5, 5.41) is 10.7. The Balaban J connectivity index is 1.29. The van der Waals surface area contributed by atoms with Gasteiger partial charge in [-0.2, -0.15) is 0 Å². The molecular formula is C24H35N3O3. The second-order valence-corrected chi connectivity index (χ2v) is 10.1. The average molecular weight is 414 g/mol. The molecule has 1 aliphatic carbocycles. The Morgan fingerprint density at radius 1 is 1.00 bits per heavy atom. The molecule has 2 bridgehead atoms. The van der Waals surface area contributed by atoms with Crippen molar-refractivity contribution in [2.45, 2.75) is 46.3 Å². The maximum absolute atomic E-state index is 13.1. The van der Waals surface area contributed by atoms with Crippen LogP contribution >= 0.6 is 0 Å². The Morgan fingerprint density at radius 3 is 2.30 bits per heavy atom. The molecule has 30 heavy (non-hydrogen) atoms. The number of hydrogen-bond donors (Lipinski definition) is 1. The van der Waals surface area contributed by atoms with E-state index in [0.29, 0.717) is 6.54 Å². The molecule has 2 aliphatic heterocycles. The first kappa shape index (κ1) is 21.5. The van der Waals surface area contributed by atoms with Crippen molar-refractivity contribution in [2.75, 3.05) is 39.3 Å². The predicted molar refractivity (Wildman–Crippen MR) is 115 cm³/mol. The highest BCUT2D eigenvalue weighted by Crippen LogP contribution is 2.60. The van der Waals surface area contributed by atoms with Crippen LogP contribution in [0, 0.1) is 16.7 Å². The van der Waals surface area contributed by atoms with Gasteiger partial charge in [0.25, 0.3) is 0 Å². The number of imide groups is 1. The number of likely N-dealkylation sites (tertiary alicyclic amines) is 1. The van der Waals surface area contributed by atoms with Crippen LogP contribution in [-0.2, 0) is 16.1 Å². The zero-order valence-electron chi connectivity index (χ0n) is 18.5. The van der Waals surface area contributed by atoms with Crippen LogP contribution in [-0.4, -0.2) is 77.0 Å². The second-order valence-electron chi connectivity index (χ2n) is 10.1. The number of hydrogen-bond acceptors (Lipinski definition) is 5. The number of carbonyl (C=O) groups is 2. The summed E-state index contributed by atoms with van der Waals surface area (Å²) in [5.41, 5.74) is 0.505. The molecular weight excluding hydrogens is 378 g/mol. The van der Waals surface area contributed by atoms with E-state index in [4.69, 9.17) is 0 Å². The molecule has 3 atom stereocenters. The van der Waals surface area contributed by atoms with Gasteiger partial charge in [-0.15, -0.1) is 0 Å². The summed E-state index contributed by atoms with van der Waals surface area (Å²) >= 11 is 0. The lowest BCUT2D eigenvalue weighted by molar-refractivity contribution is -0.169. The molecule has 1 saturated carbocycles. The molecule has 6 heteroatoms. The molecule has 0 unspecified atom stereocenters. The third kappa shape index (κ3) is 3.70. The molecule has 2 amide bonds. The molecule has 2 heterocycles. The van der Waals surface area contributed by atoms with Gasteiger partial charge in [0.2, 0.25) is 11.8 Å². The Bertz CT molecular complexity index is 788. The van der Waals surface area contributed by atoms with Crippen molar-refractivity contribution in [1.29, 1.82) is 0 Å². The number of piperidine rings is 1. The lowest BCUT2D eigenvalue weighted by atomic mass is 9.62. The number of nitrogens with zero attached hydrogens (tertiary/aromatic N) is 3. The van der Waals surface area contributed by atoms with Crippen molar-refractivity contribution in [2.24, 2.45) is 16.7 Å². The highest BCUT2D eigenvalue weighted by atomic mass is 16.3. The first-order valence-electron chi connectivity index (χ1n) is 11.2. The number of amides is 2. The van der Waals surface area contributed by atoms with Crippen LogP contribution in [0.4, 0.5) is 0 Å². The largest absolute Gasteiger partial charge is 0.390 e. The van der Waals surface area contributed by atoms with Crippen LogP contribution < -0.4 is 0 Å². The van der Waals surface area contributed by atoms with Crippen molar-refractivity contribution in [3.8, 4) is 0 Å². The predicted octanol–water partition coefficient (Wildman–Crippen LogP) is 1.98. The first-order valence-corrected chi connectivity index (χ1v) is 11.2. The Hall–Kier alpha value is -1.76. The van der Waals surface area contributed by atoms with E-state index >= 15 is 0 Å². The Kier molecular flexibility index (Phi) is 5.77. The summed E-state index contributed by atoms with van der Waals surface area (Å²) in [6.07, 6.45) is 0.817. The monoisotopic (exact) mass is 413 g/mol. The number of benzene rings is 1. The fourth-order valence-electron chi connectivity index (χ4n) is 5.61. The number of aliphatic hydroxyl groups is 1. The van der Waals surface area contributed by atoms with Crippen LogP contribution in [0.25, 0.3) is 0 Å². The first-order chi connectivity index (χ1) is 14.2. The molecule has 164 valence electrons. The van der Waals surface area contributed by atoms with E-state index in [9.17, 15) is 14.7 Å². The fourth-order valence-corrected chi connectivity index (χ4v) is 5.61. The second kappa shape index (κ2) is 8.06. The van der Waals surface area contributed by atoms with Gasteiger partial charge in [0, 0.05) is 45.2 Å². The van der Waals surface area contributed by atoms with Crippen LogP contribution in [0.5, 0.6) is 0 Å². The fraction of sp³-hybridized carbons (Fsp3) is 0.667. The SMILES string of the molecule is CC1(C)[C@@H]2CC[C@]1(C)C(=O)N(C[C@H](O)CN1CCN(Cc3ccccc3)CC1)C2=O. The minimum atomic E-state index is -0.706. The maximum Gasteiger partial charge on any atom is 0.235 e. The van der Waals surface area contributed by atoms with Gasteiger partial charge in [-0.25, -0.2) is 0 Å². The molecule has 6 nitrogen and oxygen atoms in total. The normalized spacial score (nSPS) is 30.7. The lowest BCUT2D eigenvalue weighted by Gasteiger charge is -2.48. The van der Waals surface area contributed by atoms with E-state index in [-0.39, 0.29) is 29.7 Å². The van der Waals surface area contributed by atoms with Crippen molar-refractivity contribution in [1.82, 2.24) is 14.7 Å². The summed E-state index contributed by atoms with van der Waals surface area (Å²) in [7, 11) is 0. The highest BCUT2D eigenvalue weighted by molar-refractivity contribution is 6.03. The number of aliphatic hydroxyl groups excluding tert-OH is 1. The summed E-state index contributed by atoms with van der Waals surface area (Å²) in [6, 6.07) is 10.5. The summed E-state index contributed by atoms with van der Waals surface area (Å²) in [6.45, 7) is 11.3. The van der Waals surface area contributed by atoms with Crippen molar-refractivity contribution in [3.63, 3.8) is 0 Å². The van der Waals surface area contributed by atoms with Gasteiger partial charge >= 0.3 is 0 Å². The van der Waals surface area contributed by atoms with Gasteiger partial charge in [0.1, 0.15) is 0 Å². The number of fused-ring (bicyclic) bond motifs is 2. The smallest absolute Gasteiger partial charge is 0.235 e. The molecule has 3 fully saturated rings. The zero-order chi connectivity index (χ0) is 21.5. The summed E-state index contributed by atoms with van der Waals surface area (Å²) in [5.74, 6) is -0.307. The maximum atomic E-state index is 13.1. The topological polar surface area (TPSA) is 64.1 Å². The van der Waals surface area contributed by atoms with Crippen LogP contribution in [0.15, 0.2) is 30.3 Å². The molecule has 0 aromatic heterocycles. The molecule has 3 aliphatic rings. The van der Waals surface area contributed by atoms with Gasteiger partial charge in [0.05, 0.1) is 18.1 Å². The molecule has 0 radical (unpaired) electrons. The van der Waals surface area contributed by atoms with Crippen molar-refractivity contribution >= 4 is 11.8 Å². The average Bonchev–Trinajstić information content (AvgIpc) is 2.91. The van der Waals surface area contributed by atoms with Crippen molar-refractivity contribution in [3.05, 3.63) is 35.9 Å². The Morgan fingerprint density at radius 2 is 1.63 bits per heavy atom. The van der Waals surface area contributed by atoms with E-state index in [1.54, 1.807) is 0 Å². The molecule has 1 aromatic rings. The molecule has 4 rings (SSSR count). The minimum Gasteiger partial charge on any atom is -0.390 e. The highest BCUT2D eigenvalue weighted by Gasteiger charge is 2.64.